The van der Waals surface area contributed by atoms with Crippen molar-refractivity contribution in [3.8, 4) is 12.3 Å². The number of aromatic nitrogens is 2. The van der Waals surface area contributed by atoms with E-state index in [4.69, 9.17) is 6.42 Å². The number of carbonyl (C=O) groups is 1. The maximum Gasteiger partial charge on any atom is 0.178 e. The molecule has 5 heteroatoms. The first-order chi connectivity index (χ1) is 10.7. The van der Waals surface area contributed by atoms with E-state index in [1.807, 2.05) is 47.6 Å². The molecule has 0 aliphatic heterocycles. The lowest BCUT2D eigenvalue weighted by atomic mass is 9.86. The summed E-state index contributed by atoms with van der Waals surface area (Å²) >= 11 is 0. The number of nitrogens with zero attached hydrogens (tertiary/aromatic N) is 2. The summed E-state index contributed by atoms with van der Waals surface area (Å²) < 4.78 is 14.5. The van der Waals surface area contributed by atoms with Crippen LogP contribution in [0.3, 0.4) is 0 Å². The summed E-state index contributed by atoms with van der Waals surface area (Å²) in [6, 6.07) is 0. The summed E-state index contributed by atoms with van der Waals surface area (Å²) in [5, 5.41) is 4.28. The van der Waals surface area contributed by atoms with Gasteiger partial charge < -0.3 is 0 Å². The minimum absolute atomic E-state index is 0.147. The Balaban J connectivity index is 3.82. The van der Waals surface area contributed by atoms with Crippen molar-refractivity contribution >= 4 is 25.9 Å². The number of ketones is 1. The van der Waals surface area contributed by atoms with Crippen LogP contribution in [-0.4, -0.2) is 37.1 Å². The Kier molecular flexibility index (Phi) is 5.57. The molecule has 0 saturated heterocycles. The van der Waals surface area contributed by atoms with Gasteiger partial charge in [-0.05, 0) is 14.9 Å². The molecule has 1 heterocycles. The van der Waals surface area contributed by atoms with Crippen molar-refractivity contribution in [2.45, 2.75) is 41.5 Å². The molecular formula is C19H28N2O2S. The number of allylic oxidation sites excluding steroid dienone is 2. The molecule has 1 rings (SSSR count). The molecule has 0 unspecified atom stereocenters. The molecule has 0 fully saturated rings. The van der Waals surface area contributed by atoms with Gasteiger partial charge in [0.15, 0.2) is 5.78 Å². The van der Waals surface area contributed by atoms with Gasteiger partial charge in [0, 0.05) is 24.1 Å². The molecule has 0 amide bonds. The standard InChI is InChI=1S/C19H28N2O2S/c1-10-14-12-20-21(13-14)15(11-18(2,3)4)16(24(8,9)23)17(22)19(5,6)7/h1,11-13H,2-9H3/b15-11+. The van der Waals surface area contributed by atoms with Crippen LogP contribution in [0.5, 0.6) is 0 Å². The highest BCUT2D eigenvalue weighted by Gasteiger charge is 2.32. The second-order valence-corrected chi connectivity index (χ2v) is 11.2. The quantitative estimate of drug-likeness (QED) is 0.479. The first-order valence-corrected chi connectivity index (χ1v) is 10.1. The molecule has 0 atom stereocenters. The Bertz CT molecular complexity index is 820. The van der Waals surface area contributed by atoms with Crippen molar-refractivity contribution in [2.24, 2.45) is 10.8 Å². The zero-order valence-corrected chi connectivity index (χ0v) is 16.7. The molecule has 0 aromatic carbocycles. The number of rotatable bonds is 3. The Labute approximate surface area is 146 Å². The Hall–Kier alpha value is -1.80. The number of hydrogen-bond acceptors (Lipinski definition) is 3. The number of hydrogen-bond donors (Lipinski definition) is 0. The second-order valence-electron chi connectivity index (χ2n) is 8.35. The average molecular weight is 349 g/mol. The zero-order chi connectivity index (χ0) is 18.9. The highest BCUT2D eigenvalue weighted by molar-refractivity contribution is 8.03. The van der Waals surface area contributed by atoms with Gasteiger partial charge in [-0.3, -0.25) is 9.00 Å². The molecule has 0 N–H and O–H groups in total. The summed E-state index contributed by atoms with van der Waals surface area (Å²) in [4.78, 5) is 13.4. The van der Waals surface area contributed by atoms with Crippen molar-refractivity contribution in [3.05, 3.63) is 24.0 Å². The fourth-order valence-corrected chi connectivity index (χ4v) is 3.52. The molecular weight excluding hydrogens is 320 g/mol. The smallest absolute Gasteiger partial charge is 0.178 e. The Morgan fingerprint density at radius 1 is 1.25 bits per heavy atom. The minimum Gasteiger partial charge on any atom is -0.293 e. The molecule has 1 aromatic rings. The van der Waals surface area contributed by atoms with Crippen LogP contribution in [0.25, 0.3) is 5.70 Å². The van der Waals surface area contributed by atoms with E-state index in [2.05, 4.69) is 11.0 Å². The van der Waals surface area contributed by atoms with E-state index in [1.54, 1.807) is 29.6 Å². The zero-order valence-electron chi connectivity index (χ0n) is 15.9. The predicted molar refractivity (Wildman–Crippen MR) is 103 cm³/mol. The van der Waals surface area contributed by atoms with Crippen molar-refractivity contribution < 1.29 is 9.00 Å². The Morgan fingerprint density at radius 3 is 2.12 bits per heavy atom. The molecule has 0 bridgehead atoms. The van der Waals surface area contributed by atoms with Gasteiger partial charge in [-0.1, -0.05) is 53.5 Å². The SMILES string of the molecule is C#Cc1cnn(/C(=C/C(C)(C)C)C(C(=O)C(C)(C)C)=S(C)(C)=O)c1. The summed E-state index contributed by atoms with van der Waals surface area (Å²) in [6.07, 6.45) is 13.8. The van der Waals surface area contributed by atoms with E-state index in [-0.39, 0.29) is 11.2 Å². The van der Waals surface area contributed by atoms with Gasteiger partial charge >= 0.3 is 0 Å². The number of Topliss-reactive ketones (excluding diaryl/α,β-unsaturated/α-hetero) is 1. The Morgan fingerprint density at radius 2 is 1.79 bits per heavy atom. The molecule has 0 saturated carbocycles. The van der Waals surface area contributed by atoms with Crippen LogP contribution in [0.1, 0.15) is 47.1 Å². The van der Waals surface area contributed by atoms with Crippen LogP contribution in [0.2, 0.25) is 0 Å². The fourth-order valence-electron chi connectivity index (χ4n) is 2.11. The first-order valence-electron chi connectivity index (χ1n) is 7.77. The third-order valence-corrected chi connectivity index (χ3v) is 4.56. The molecule has 4 nitrogen and oxygen atoms in total. The molecule has 24 heavy (non-hydrogen) atoms. The second kappa shape index (κ2) is 6.60. The summed E-state index contributed by atoms with van der Waals surface area (Å²) in [5.74, 6) is 2.38. The summed E-state index contributed by atoms with van der Waals surface area (Å²) in [6.45, 7) is 11.5. The third kappa shape index (κ3) is 5.10. The predicted octanol–water partition coefficient (Wildman–Crippen LogP) is 3.08. The van der Waals surface area contributed by atoms with Crippen molar-refractivity contribution in [2.75, 3.05) is 12.5 Å². The van der Waals surface area contributed by atoms with E-state index in [1.165, 1.54) is 0 Å². The van der Waals surface area contributed by atoms with Crippen LogP contribution < -0.4 is 0 Å². The minimum atomic E-state index is -2.53. The maximum atomic E-state index is 13.0. The fraction of sp³-hybridized carbons (Fsp3) is 0.526. The van der Waals surface area contributed by atoms with Crippen molar-refractivity contribution in [1.29, 1.82) is 0 Å². The van der Waals surface area contributed by atoms with Gasteiger partial charge in [0.05, 0.1) is 22.3 Å². The highest BCUT2D eigenvalue weighted by atomic mass is 32.2. The maximum absolute atomic E-state index is 13.0. The summed E-state index contributed by atoms with van der Waals surface area (Å²) in [7, 11) is -2.53. The average Bonchev–Trinajstić information content (AvgIpc) is 2.82. The van der Waals surface area contributed by atoms with Crippen LogP contribution in [0.4, 0.5) is 0 Å². The third-order valence-electron chi connectivity index (χ3n) is 3.18. The molecule has 0 spiro atoms. The van der Waals surface area contributed by atoms with Crippen LogP contribution in [0.15, 0.2) is 18.5 Å². The van der Waals surface area contributed by atoms with Gasteiger partial charge in [-0.25, -0.2) is 4.68 Å². The van der Waals surface area contributed by atoms with Crippen molar-refractivity contribution in [1.82, 2.24) is 9.78 Å². The van der Waals surface area contributed by atoms with E-state index >= 15 is 0 Å². The van der Waals surface area contributed by atoms with E-state index < -0.39 is 14.9 Å². The largest absolute Gasteiger partial charge is 0.293 e. The lowest BCUT2D eigenvalue weighted by molar-refractivity contribution is -0.119. The number of terminal acetylenes is 1. The summed E-state index contributed by atoms with van der Waals surface area (Å²) in [5.41, 5.74) is 0.268. The highest BCUT2D eigenvalue weighted by Crippen LogP contribution is 2.26. The van der Waals surface area contributed by atoms with Crippen molar-refractivity contribution in [3.63, 3.8) is 0 Å². The van der Waals surface area contributed by atoms with Gasteiger partial charge in [0.1, 0.15) is 0 Å². The van der Waals surface area contributed by atoms with E-state index in [9.17, 15) is 9.00 Å². The molecule has 0 radical (unpaired) electrons. The van der Waals surface area contributed by atoms with Gasteiger partial charge in [0.2, 0.25) is 0 Å². The first kappa shape index (κ1) is 20.2. The lowest BCUT2D eigenvalue weighted by Crippen LogP contribution is -2.35. The van der Waals surface area contributed by atoms with E-state index in [0.29, 0.717) is 16.1 Å². The van der Waals surface area contributed by atoms with Gasteiger partial charge in [0.25, 0.3) is 0 Å². The van der Waals surface area contributed by atoms with Crippen LogP contribution in [0, 0.1) is 23.2 Å². The van der Waals surface area contributed by atoms with Crippen LogP contribution in [-0.2, 0) is 14.3 Å². The van der Waals surface area contributed by atoms with Gasteiger partial charge in [-0.15, -0.1) is 6.42 Å². The lowest BCUT2D eigenvalue weighted by Gasteiger charge is -2.24. The molecule has 0 aliphatic rings. The topological polar surface area (TPSA) is 52.0 Å². The van der Waals surface area contributed by atoms with Gasteiger partial charge in [-0.2, -0.15) is 5.10 Å². The van der Waals surface area contributed by atoms with E-state index in [0.717, 1.165) is 0 Å². The molecule has 132 valence electrons. The van der Waals surface area contributed by atoms with Crippen LogP contribution >= 0.6 is 0 Å². The normalized spacial score (nSPS) is 13.5. The monoisotopic (exact) mass is 348 g/mol. The number of carbonyl (C=O) groups excluding carboxylic acids is 1. The molecule has 0 aliphatic carbocycles. The molecule has 1 aromatic heterocycles.